The zero-order chi connectivity index (χ0) is 13.2. The molecule has 5 heteroatoms. The summed E-state index contributed by atoms with van der Waals surface area (Å²) in [4.78, 5) is 25.3. The second-order valence-corrected chi connectivity index (χ2v) is 5.61. The van der Waals surface area contributed by atoms with Crippen molar-refractivity contribution in [1.29, 1.82) is 0 Å². The maximum atomic E-state index is 12.2. The highest BCUT2D eigenvalue weighted by Gasteiger charge is 2.39. The van der Waals surface area contributed by atoms with Crippen molar-refractivity contribution in [2.24, 2.45) is 11.7 Å². The van der Waals surface area contributed by atoms with E-state index in [-0.39, 0.29) is 12.5 Å². The molecule has 1 saturated carbocycles. The predicted molar refractivity (Wildman–Crippen MR) is 66.7 cm³/mol. The smallest absolute Gasteiger partial charge is 0.251 e. The van der Waals surface area contributed by atoms with Crippen LogP contribution in [-0.4, -0.2) is 42.0 Å². The second-order valence-electron chi connectivity index (χ2n) is 5.61. The van der Waals surface area contributed by atoms with Crippen molar-refractivity contribution in [1.82, 2.24) is 4.90 Å². The Hall–Kier alpha value is -1.10. The fourth-order valence-electron chi connectivity index (χ4n) is 2.82. The molecule has 0 aromatic rings. The van der Waals surface area contributed by atoms with Crippen molar-refractivity contribution in [3.05, 3.63) is 0 Å². The van der Waals surface area contributed by atoms with E-state index in [9.17, 15) is 9.59 Å². The lowest BCUT2D eigenvalue weighted by Gasteiger charge is -2.38. The Kier molecular flexibility index (Phi) is 3.90. The molecule has 1 aliphatic carbocycles. The first-order valence-electron chi connectivity index (χ1n) is 6.73. The summed E-state index contributed by atoms with van der Waals surface area (Å²) in [6, 6.07) is 0. The molecule has 1 heterocycles. The SMILES string of the molecule is CC1(C(N)=O)CN(C(=O)CC2CCCC2)CCO1. The lowest BCUT2D eigenvalue weighted by atomic mass is 10.0. The quantitative estimate of drug-likeness (QED) is 0.804. The normalized spacial score (nSPS) is 29.5. The van der Waals surface area contributed by atoms with E-state index in [4.69, 9.17) is 10.5 Å². The fourth-order valence-corrected chi connectivity index (χ4v) is 2.82. The first-order chi connectivity index (χ1) is 8.51. The minimum absolute atomic E-state index is 0.137. The molecule has 1 aliphatic heterocycles. The third kappa shape index (κ3) is 2.83. The predicted octanol–water partition coefficient (Wildman–Crippen LogP) is 0.669. The van der Waals surface area contributed by atoms with Crippen LogP contribution in [-0.2, 0) is 14.3 Å². The van der Waals surface area contributed by atoms with Crippen molar-refractivity contribution >= 4 is 11.8 Å². The molecule has 0 aromatic carbocycles. The van der Waals surface area contributed by atoms with Gasteiger partial charge in [-0.2, -0.15) is 0 Å². The van der Waals surface area contributed by atoms with Crippen LogP contribution in [0.5, 0.6) is 0 Å². The van der Waals surface area contributed by atoms with Gasteiger partial charge in [0, 0.05) is 13.0 Å². The van der Waals surface area contributed by atoms with Crippen molar-refractivity contribution < 1.29 is 14.3 Å². The summed E-state index contributed by atoms with van der Waals surface area (Å²) in [5.74, 6) is 0.165. The minimum Gasteiger partial charge on any atom is -0.367 e. The molecule has 1 unspecified atom stereocenters. The van der Waals surface area contributed by atoms with Crippen LogP contribution in [0.2, 0.25) is 0 Å². The number of amides is 2. The zero-order valence-corrected chi connectivity index (χ0v) is 11.0. The lowest BCUT2D eigenvalue weighted by molar-refractivity contribution is -0.160. The number of nitrogens with two attached hydrogens (primary N) is 1. The Morgan fingerprint density at radius 2 is 2.06 bits per heavy atom. The monoisotopic (exact) mass is 254 g/mol. The van der Waals surface area contributed by atoms with Crippen molar-refractivity contribution in [3.8, 4) is 0 Å². The van der Waals surface area contributed by atoms with Gasteiger partial charge in [-0.3, -0.25) is 9.59 Å². The molecule has 1 atom stereocenters. The molecule has 1 saturated heterocycles. The van der Waals surface area contributed by atoms with Gasteiger partial charge in [-0.1, -0.05) is 12.8 Å². The number of hydrogen-bond acceptors (Lipinski definition) is 3. The number of ether oxygens (including phenoxy) is 1. The van der Waals surface area contributed by atoms with Crippen molar-refractivity contribution in [2.45, 2.75) is 44.6 Å². The standard InChI is InChI=1S/C13H22N2O3/c1-13(12(14)17)9-15(6-7-18-13)11(16)8-10-4-2-3-5-10/h10H,2-9H2,1H3,(H2,14,17). The molecular formula is C13H22N2O3. The number of carbonyl (C=O) groups is 2. The van der Waals surface area contributed by atoms with Gasteiger partial charge < -0.3 is 15.4 Å². The van der Waals surface area contributed by atoms with Crippen molar-refractivity contribution in [2.75, 3.05) is 19.7 Å². The fraction of sp³-hybridized carbons (Fsp3) is 0.846. The highest BCUT2D eigenvalue weighted by Crippen LogP contribution is 2.28. The molecule has 0 aromatic heterocycles. The first-order valence-corrected chi connectivity index (χ1v) is 6.73. The number of hydrogen-bond donors (Lipinski definition) is 1. The molecule has 2 fully saturated rings. The Bertz CT molecular complexity index is 339. The number of primary amides is 1. The minimum atomic E-state index is -1.02. The van der Waals surface area contributed by atoms with E-state index >= 15 is 0 Å². The Balaban J connectivity index is 1.91. The molecule has 2 aliphatic rings. The highest BCUT2D eigenvalue weighted by molar-refractivity contribution is 5.85. The van der Waals surface area contributed by atoms with Gasteiger partial charge in [-0.05, 0) is 25.7 Å². The zero-order valence-electron chi connectivity index (χ0n) is 11.0. The van der Waals surface area contributed by atoms with Crippen LogP contribution in [0.15, 0.2) is 0 Å². The lowest BCUT2D eigenvalue weighted by Crippen LogP contribution is -2.58. The molecule has 2 rings (SSSR count). The molecular weight excluding hydrogens is 232 g/mol. The van der Waals surface area contributed by atoms with Gasteiger partial charge in [0.05, 0.1) is 13.2 Å². The van der Waals surface area contributed by atoms with E-state index < -0.39 is 11.5 Å². The molecule has 5 nitrogen and oxygen atoms in total. The van der Waals surface area contributed by atoms with Gasteiger partial charge >= 0.3 is 0 Å². The van der Waals surface area contributed by atoms with Gasteiger partial charge in [-0.15, -0.1) is 0 Å². The maximum absolute atomic E-state index is 12.2. The topological polar surface area (TPSA) is 72.6 Å². The summed E-state index contributed by atoms with van der Waals surface area (Å²) >= 11 is 0. The van der Waals surface area contributed by atoms with Gasteiger partial charge in [0.15, 0.2) is 5.60 Å². The van der Waals surface area contributed by atoms with E-state index in [2.05, 4.69) is 0 Å². The summed E-state index contributed by atoms with van der Waals surface area (Å²) in [5, 5.41) is 0. The van der Waals surface area contributed by atoms with Gasteiger partial charge in [0.25, 0.3) is 5.91 Å². The van der Waals surface area contributed by atoms with Gasteiger partial charge in [0.2, 0.25) is 5.91 Å². The molecule has 102 valence electrons. The average Bonchev–Trinajstić information content (AvgIpc) is 2.81. The molecule has 0 radical (unpaired) electrons. The maximum Gasteiger partial charge on any atom is 0.251 e. The van der Waals surface area contributed by atoms with Gasteiger partial charge in [-0.25, -0.2) is 0 Å². The van der Waals surface area contributed by atoms with Crippen LogP contribution < -0.4 is 5.73 Å². The third-order valence-corrected chi connectivity index (χ3v) is 4.09. The van der Waals surface area contributed by atoms with E-state index in [1.54, 1.807) is 11.8 Å². The highest BCUT2D eigenvalue weighted by atomic mass is 16.5. The third-order valence-electron chi connectivity index (χ3n) is 4.09. The number of nitrogens with zero attached hydrogens (tertiary/aromatic N) is 1. The van der Waals surface area contributed by atoms with Crippen LogP contribution in [0, 0.1) is 5.92 Å². The van der Waals surface area contributed by atoms with Crippen LogP contribution >= 0.6 is 0 Å². The molecule has 2 N–H and O–H groups in total. The Morgan fingerprint density at radius 1 is 1.39 bits per heavy atom. The summed E-state index contributed by atoms with van der Waals surface area (Å²) in [5.41, 5.74) is 4.30. The van der Waals surface area contributed by atoms with E-state index in [1.807, 2.05) is 0 Å². The second kappa shape index (κ2) is 5.26. The Labute approximate surface area is 108 Å². The molecule has 0 bridgehead atoms. The van der Waals surface area contributed by atoms with Crippen molar-refractivity contribution in [3.63, 3.8) is 0 Å². The summed E-state index contributed by atoms with van der Waals surface area (Å²) in [7, 11) is 0. The number of carbonyl (C=O) groups excluding carboxylic acids is 2. The summed E-state index contributed by atoms with van der Waals surface area (Å²) < 4.78 is 5.41. The molecule has 0 spiro atoms. The van der Waals surface area contributed by atoms with E-state index in [1.165, 1.54) is 12.8 Å². The first kappa shape index (κ1) is 13.3. The van der Waals surface area contributed by atoms with E-state index in [0.29, 0.717) is 25.5 Å². The largest absolute Gasteiger partial charge is 0.367 e. The molecule has 18 heavy (non-hydrogen) atoms. The van der Waals surface area contributed by atoms with Crippen LogP contribution in [0.25, 0.3) is 0 Å². The van der Waals surface area contributed by atoms with E-state index in [0.717, 1.165) is 12.8 Å². The van der Waals surface area contributed by atoms with Crippen LogP contribution in [0.3, 0.4) is 0 Å². The summed E-state index contributed by atoms with van der Waals surface area (Å²) in [6.07, 6.45) is 5.39. The summed E-state index contributed by atoms with van der Waals surface area (Å²) in [6.45, 7) is 2.89. The Morgan fingerprint density at radius 3 is 2.67 bits per heavy atom. The average molecular weight is 254 g/mol. The molecule has 2 amide bonds. The van der Waals surface area contributed by atoms with Gasteiger partial charge in [0.1, 0.15) is 0 Å². The number of rotatable bonds is 3. The van der Waals surface area contributed by atoms with Crippen LogP contribution in [0.4, 0.5) is 0 Å². The number of morpholine rings is 1. The van der Waals surface area contributed by atoms with Crippen LogP contribution in [0.1, 0.15) is 39.0 Å².